The number of carboxylic acids is 1. The van der Waals surface area contributed by atoms with E-state index in [0.29, 0.717) is 0 Å². The van der Waals surface area contributed by atoms with Gasteiger partial charge in [-0.3, -0.25) is 0 Å². The molecule has 0 heterocycles. The lowest BCUT2D eigenvalue weighted by molar-refractivity contribution is -0.145. The summed E-state index contributed by atoms with van der Waals surface area (Å²) in [6, 6.07) is 1.69. The van der Waals surface area contributed by atoms with Gasteiger partial charge in [-0.1, -0.05) is 13.8 Å². The first kappa shape index (κ1) is 16.8. The monoisotopic (exact) mass is 354 g/mol. The van der Waals surface area contributed by atoms with Crippen molar-refractivity contribution in [1.82, 2.24) is 0 Å². The van der Waals surface area contributed by atoms with E-state index in [2.05, 4.69) is 15.9 Å². The van der Waals surface area contributed by atoms with Crippen LogP contribution in [0, 0.1) is 5.82 Å². The van der Waals surface area contributed by atoms with Crippen molar-refractivity contribution in [3.8, 4) is 5.75 Å². The molecule has 0 aromatic heterocycles. The molecule has 0 unspecified atom stereocenters. The fourth-order valence-corrected chi connectivity index (χ4v) is 1.91. The number of benzene rings is 1. The summed E-state index contributed by atoms with van der Waals surface area (Å²) in [6.45, 7) is 2.81. The van der Waals surface area contributed by atoms with Gasteiger partial charge in [0.2, 0.25) is 0 Å². The standard InChI is InChI=1S/C13H14BrF3O3/c1-3-10(12(18)19)20-11-6-9(15)8(14)5-7(11)13(16,17)4-2/h5-6,10H,3-4H2,1-2H3,(H,18,19)/t10-/m0/s1. The number of rotatable bonds is 6. The summed E-state index contributed by atoms with van der Waals surface area (Å²) in [6.07, 6.45) is -1.74. The largest absolute Gasteiger partial charge is 0.479 e. The zero-order valence-electron chi connectivity index (χ0n) is 10.9. The summed E-state index contributed by atoms with van der Waals surface area (Å²) >= 11 is 2.83. The summed E-state index contributed by atoms with van der Waals surface area (Å²) in [5.74, 6) is -5.77. The lowest BCUT2D eigenvalue weighted by Crippen LogP contribution is -2.27. The second-order valence-electron chi connectivity index (χ2n) is 4.17. The maximum atomic E-state index is 13.8. The van der Waals surface area contributed by atoms with Gasteiger partial charge in [-0.25, -0.2) is 18.0 Å². The van der Waals surface area contributed by atoms with Gasteiger partial charge in [-0.05, 0) is 28.4 Å². The number of halogens is 4. The summed E-state index contributed by atoms with van der Waals surface area (Å²) in [4.78, 5) is 10.9. The average molecular weight is 355 g/mol. The summed E-state index contributed by atoms with van der Waals surface area (Å²) < 4.78 is 46.1. The molecule has 0 bridgehead atoms. The summed E-state index contributed by atoms with van der Waals surface area (Å²) in [5, 5.41) is 8.89. The molecule has 1 N–H and O–H groups in total. The molecule has 0 aliphatic rings. The van der Waals surface area contributed by atoms with Crippen LogP contribution in [0.1, 0.15) is 32.3 Å². The Morgan fingerprint density at radius 3 is 2.50 bits per heavy atom. The Bertz CT molecular complexity index is 506. The number of hydrogen-bond acceptors (Lipinski definition) is 2. The predicted molar refractivity (Wildman–Crippen MR) is 70.6 cm³/mol. The van der Waals surface area contributed by atoms with Crippen LogP contribution < -0.4 is 4.74 Å². The molecular formula is C13H14BrF3O3. The minimum absolute atomic E-state index is 0.0736. The van der Waals surface area contributed by atoms with E-state index in [4.69, 9.17) is 9.84 Å². The van der Waals surface area contributed by atoms with Crippen LogP contribution >= 0.6 is 15.9 Å². The van der Waals surface area contributed by atoms with E-state index in [0.717, 1.165) is 12.1 Å². The topological polar surface area (TPSA) is 46.5 Å². The Kier molecular flexibility index (Phi) is 5.44. The highest BCUT2D eigenvalue weighted by molar-refractivity contribution is 9.10. The highest BCUT2D eigenvalue weighted by Crippen LogP contribution is 2.40. The zero-order chi connectivity index (χ0) is 15.5. The van der Waals surface area contributed by atoms with Gasteiger partial charge in [0.15, 0.2) is 6.10 Å². The van der Waals surface area contributed by atoms with Gasteiger partial charge in [-0.2, -0.15) is 0 Å². The molecule has 1 aromatic rings. The molecule has 1 aromatic carbocycles. The Morgan fingerprint density at radius 2 is 2.05 bits per heavy atom. The highest BCUT2D eigenvalue weighted by atomic mass is 79.9. The minimum Gasteiger partial charge on any atom is -0.479 e. The van der Waals surface area contributed by atoms with Crippen LogP contribution in [0.15, 0.2) is 16.6 Å². The molecular weight excluding hydrogens is 341 g/mol. The Labute approximate surface area is 122 Å². The van der Waals surface area contributed by atoms with Crippen molar-refractivity contribution in [2.45, 2.75) is 38.7 Å². The molecule has 1 atom stereocenters. The normalized spacial score (nSPS) is 13.1. The number of hydrogen-bond donors (Lipinski definition) is 1. The van der Waals surface area contributed by atoms with Gasteiger partial charge in [0.05, 0.1) is 10.0 Å². The van der Waals surface area contributed by atoms with Crippen LogP contribution in [0.25, 0.3) is 0 Å². The smallest absolute Gasteiger partial charge is 0.344 e. The fraction of sp³-hybridized carbons (Fsp3) is 0.462. The Morgan fingerprint density at radius 1 is 1.45 bits per heavy atom. The van der Waals surface area contributed by atoms with Gasteiger partial charge >= 0.3 is 5.97 Å². The van der Waals surface area contributed by atoms with Crippen molar-refractivity contribution in [3.63, 3.8) is 0 Å². The highest BCUT2D eigenvalue weighted by Gasteiger charge is 2.34. The first-order chi connectivity index (χ1) is 9.22. The number of ether oxygens (including phenoxy) is 1. The molecule has 20 heavy (non-hydrogen) atoms. The van der Waals surface area contributed by atoms with Crippen molar-refractivity contribution >= 4 is 21.9 Å². The SMILES string of the molecule is CC[C@H](Oc1cc(F)c(Br)cc1C(F)(F)CC)C(=O)O. The molecule has 1 rings (SSSR count). The molecule has 112 valence electrons. The lowest BCUT2D eigenvalue weighted by Gasteiger charge is -2.21. The number of aliphatic carboxylic acids is 1. The first-order valence-corrected chi connectivity index (χ1v) is 6.79. The maximum absolute atomic E-state index is 13.8. The van der Waals surface area contributed by atoms with Gasteiger partial charge in [0.1, 0.15) is 11.6 Å². The molecule has 0 fully saturated rings. The lowest BCUT2D eigenvalue weighted by atomic mass is 10.0. The van der Waals surface area contributed by atoms with Crippen molar-refractivity contribution in [3.05, 3.63) is 28.0 Å². The third kappa shape index (κ3) is 3.65. The van der Waals surface area contributed by atoms with E-state index in [1.165, 1.54) is 13.8 Å². The quantitative estimate of drug-likeness (QED) is 0.826. The molecule has 0 saturated heterocycles. The Hall–Kier alpha value is -1.24. The van der Waals surface area contributed by atoms with Crippen LogP contribution in [0.3, 0.4) is 0 Å². The van der Waals surface area contributed by atoms with Crippen LogP contribution in [-0.2, 0) is 10.7 Å². The van der Waals surface area contributed by atoms with E-state index >= 15 is 0 Å². The number of carboxylic acid groups (broad SMARTS) is 1. The third-order valence-corrected chi connectivity index (χ3v) is 3.38. The summed E-state index contributed by atoms with van der Waals surface area (Å²) in [7, 11) is 0. The second-order valence-corrected chi connectivity index (χ2v) is 5.03. The Balaban J connectivity index is 3.30. The van der Waals surface area contributed by atoms with Gasteiger partial charge in [0, 0.05) is 12.5 Å². The van der Waals surface area contributed by atoms with E-state index in [9.17, 15) is 18.0 Å². The van der Waals surface area contributed by atoms with E-state index in [-0.39, 0.29) is 10.9 Å². The van der Waals surface area contributed by atoms with Crippen LogP contribution in [0.4, 0.5) is 13.2 Å². The molecule has 0 radical (unpaired) electrons. The third-order valence-electron chi connectivity index (χ3n) is 2.78. The van der Waals surface area contributed by atoms with Crippen LogP contribution in [0.2, 0.25) is 0 Å². The molecule has 0 spiro atoms. The molecule has 3 nitrogen and oxygen atoms in total. The number of carbonyl (C=O) groups is 1. The minimum atomic E-state index is -3.23. The predicted octanol–water partition coefficient (Wildman–Crippen LogP) is 4.33. The van der Waals surface area contributed by atoms with Crippen LogP contribution in [0.5, 0.6) is 5.75 Å². The van der Waals surface area contributed by atoms with Crippen molar-refractivity contribution in [1.29, 1.82) is 0 Å². The number of alkyl halides is 2. The molecule has 0 amide bonds. The first-order valence-electron chi connectivity index (χ1n) is 5.99. The van der Waals surface area contributed by atoms with E-state index in [1.807, 2.05) is 0 Å². The second kappa shape index (κ2) is 6.47. The fourth-order valence-electron chi connectivity index (χ4n) is 1.56. The van der Waals surface area contributed by atoms with E-state index in [1.54, 1.807) is 0 Å². The average Bonchev–Trinajstić information content (AvgIpc) is 2.38. The van der Waals surface area contributed by atoms with Crippen LogP contribution in [-0.4, -0.2) is 17.2 Å². The van der Waals surface area contributed by atoms with Crippen molar-refractivity contribution in [2.75, 3.05) is 0 Å². The molecule has 7 heteroatoms. The maximum Gasteiger partial charge on any atom is 0.344 e. The van der Waals surface area contributed by atoms with Gasteiger partial charge in [-0.15, -0.1) is 0 Å². The summed E-state index contributed by atoms with van der Waals surface area (Å²) in [5.41, 5.74) is -0.534. The van der Waals surface area contributed by atoms with E-state index < -0.39 is 41.5 Å². The van der Waals surface area contributed by atoms with Gasteiger partial charge in [0.25, 0.3) is 5.92 Å². The zero-order valence-corrected chi connectivity index (χ0v) is 12.5. The molecule has 0 saturated carbocycles. The van der Waals surface area contributed by atoms with Crippen molar-refractivity contribution < 1.29 is 27.8 Å². The molecule has 0 aliphatic carbocycles. The molecule has 0 aliphatic heterocycles. The van der Waals surface area contributed by atoms with Gasteiger partial charge < -0.3 is 9.84 Å². The van der Waals surface area contributed by atoms with Crippen molar-refractivity contribution in [2.24, 2.45) is 0 Å².